The van der Waals surface area contributed by atoms with E-state index in [-0.39, 0.29) is 5.54 Å². The second-order valence-electron chi connectivity index (χ2n) is 12.8. The molecule has 234 valence electrons. The van der Waals surface area contributed by atoms with Crippen molar-refractivity contribution in [1.82, 2.24) is 0 Å². The maximum Gasteiger partial charge on any atom is 0.253 e. The minimum atomic E-state index is -2.74. The molecule has 1 unspecified atom stereocenters. The summed E-state index contributed by atoms with van der Waals surface area (Å²) in [5, 5.41) is 0. The molecule has 0 radical (unpaired) electrons. The highest BCUT2D eigenvalue weighted by atomic mass is 28.4. The molecule has 0 bridgehead atoms. The third-order valence-electron chi connectivity index (χ3n) is 10.2. The molecule has 0 saturated heterocycles. The zero-order valence-corrected chi connectivity index (χ0v) is 30.1. The number of unbranched alkanes of at least 4 members (excludes halogenated alkanes) is 3. The smallest absolute Gasteiger partial charge is 0.253 e. The lowest BCUT2D eigenvalue weighted by atomic mass is 10.2. The van der Waals surface area contributed by atoms with Gasteiger partial charge in [-0.15, -0.1) is 0 Å². The Hall–Kier alpha value is -0.609. The second kappa shape index (κ2) is 18.1. The molecular weight excluding hydrogens is 561 g/mol. The molecule has 1 aromatic rings. The van der Waals surface area contributed by atoms with Gasteiger partial charge in [-0.3, -0.25) is 0 Å². The van der Waals surface area contributed by atoms with E-state index in [9.17, 15) is 17.6 Å². The summed E-state index contributed by atoms with van der Waals surface area (Å²) < 4.78 is 63.9. The Morgan fingerprint density at radius 1 is 0.575 bits per heavy atom. The van der Waals surface area contributed by atoms with Crippen LogP contribution < -0.4 is 4.43 Å². The molecule has 0 aromatic heterocycles. The normalized spacial score (nSPS) is 14.1. The van der Waals surface area contributed by atoms with Crippen molar-refractivity contribution in [1.29, 1.82) is 0 Å². The largest absolute Gasteiger partial charge is 0.539 e. The summed E-state index contributed by atoms with van der Waals surface area (Å²) in [4.78, 5) is 0. The number of hydrogen-bond donors (Lipinski definition) is 0. The van der Waals surface area contributed by atoms with Gasteiger partial charge in [0.2, 0.25) is 5.82 Å². The van der Waals surface area contributed by atoms with E-state index in [1.54, 1.807) is 0 Å². The first-order valence-electron chi connectivity index (χ1n) is 16.5. The van der Waals surface area contributed by atoms with E-state index in [2.05, 4.69) is 55.4 Å². The number of benzene rings is 1. The van der Waals surface area contributed by atoms with Crippen LogP contribution in [0.1, 0.15) is 100 Å². The topological polar surface area (TPSA) is 9.23 Å². The average molecular weight is 621 g/mol. The fraction of sp³-hybridized carbons (Fsp3) is 0.812. The van der Waals surface area contributed by atoms with Gasteiger partial charge in [-0.25, -0.2) is 13.2 Å². The van der Waals surface area contributed by atoms with Crippen molar-refractivity contribution < 1.29 is 22.0 Å². The third kappa shape index (κ3) is 10.3. The van der Waals surface area contributed by atoms with Gasteiger partial charge in [0, 0.05) is 6.07 Å². The van der Waals surface area contributed by atoms with Crippen LogP contribution in [0.5, 0.6) is 5.75 Å². The highest BCUT2D eigenvalue weighted by molar-refractivity contribution is 6.83. The summed E-state index contributed by atoms with van der Waals surface area (Å²) in [6, 6.07) is 12.4. The Morgan fingerprint density at radius 2 is 1.07 bits per heavy atom. The molecule has 1 rings (SSSR count). The summed E-state index contributed by atoms with van der Waals surface area (Å²) in [7, 11) is -5.43. The quantitative estimate of drug-likeness (QED) is 0.0412. The van der Waals surface area contributed by atoms with Crippen LogP contribution in [0, 0.1) is 23.3 Å². The molecule has 0 heterocycles. The summed E-state index contributed by atoms with van der Waals surface area (Å²) in [6.07, 6.45) is 8.37. The highest BCUT2D eigenvalue weighted by Crippen LogP contribution is 2.41. The lowest BCUT2D eigenvalue weighted by Crippen LogP contribution is -2.47. The minimum Gasteiger partial charge on any atom is -0.539 e. The molecule has 0 fully saturated rings. The molecule has 1 nitrogen and oxygen atoms in total. The van der Waals surface area contributed by atoms with Gasteiger partial charge in [0.25, 0.3) is 8.32 Å². The maximum absolute atomic E-state index is 14.8. The lowest BCUT2D eigenvalue weighted by molar-refractivity contribution is 0.380. The summed E-state index contributed by atoms with van der Waals surface area (Å²) in [5.41, 5.74) is 0.107. The molecule has 0 aliphatic rings. The van der Waals surface area contributed by atoms with Gasteiger partial charge < -0.3 is 4.43 Å². The Labute approximate surface area is 247 Å². The Morgan fingerprint density at radius 3 is 1.52 bits per heavy atom. The number of hydrogen-bond acceptors (Lipinski definition) is 1. The highest BCUT2D eigenvalue weighted by Gasteiger charge is 2.44. The van der Waals surface area contributed by atoms with Gasteiger partial charge in [0.15, 0.2) is 23.2 Å². The molecule has 0 amide bonds. The van der Waals surface area contributed by atoms with E-state index in [0.29, 0.717) is 6.07 Å². The van der Waals surface area contributed by atoms with Crippen molar-refractivity contribution >= 4 is 24.5 Å². The molecule has 1 atom stereocenters. The lowest BCUT2D eigenvalue weighted by Gasteiger charge is -2.39. The number of halogens is 4. The number of rotatable bonds is 22. The zero-order valence-electron chi connectivity index (χ0n) is 27.1. The van der Waals surface area contributed by atoms with Crippen LogP contribution in [-0.2, 0) is 0 Å². The van der Waals surface area contributed by atoms with Gasteiger partial charge in [0.05, 0.1) is 16.1 Å². The first kappa shape index (κ1) is 37.4. The maximum atomic E-state index is 14.8. The predicted octanol–water partition coefficient (Wildman–Crippen LogP) is 12.7. The van der Waals surface area contributed by atoms with Crippen molar-refractivity contribution in [2.75, 3.05) is 0 Å². The van der Waals surface area contributed by atoms with Crippen LogP contribution in [-0.4, -0.2) is 24.5 Å². The fourth-order valence-electron chi connectivity index (χ4n) is 7.14. The molecule has 1 aromatic carbocycles. The molecular formula is C32H60F4OSi3. The monoisotopic (exact) mass is 620 g/mol. The SMILES string of the molecule is CCC[Si](CCC)(CCC)CCCCCC[Si](CC[Si](CC)(CC)CC)(Oc1c(F)cc(F)c(F)c1F)C(C)C. The van der Waals surface area contributed by atoms with Crippen molar-refractivity contribution in [2.45, 2.75) is 166 Å². The van der Waals surface area contributed by atoms with E-state index in [0.717, 1.165) is 31.0 Å². The predicted molar refractivity (Wildman–Crippen MR) is 174 cm³/mol. The van der Waals surface area contributed by atoms with Crippen LogP contribution in [0.4, 0.5) is 17.6 Å². The van der Waals surface area contributed by atoms with Crippen LogP contribution in [0.15, 0.2) is 6.07 Å². The first-order chi connectivity index (χ1) is 18.9. The van der Waals surface area contributed by atoms with Gasteiger partial charge in [0.1, 0.15) is 0 Å². The molecule has 8 heteroatoms. The molecule has 0 N–H and O–H groups in total. The Balaban J connectivity index is 3.12. The van der Waals surface area contributed by atoms with Crippen LogP contribution in [0.2, 0.25) is 66.0 Å². The molecule has 0 aliphatic heterocycles. The molecule has 0 spiro atoms. The van der Waals surface area contributed by atoms with Crippen molar-refractivity contribution in [3.8, 4) is 5.75 Å². The van der Waals surface area contributed by atoms with Crippen molar-refractivity contribution in [3.63, 3.8) is 0 Å². The van der Waals surface area contributed by atoms with Gasteiger partial charge in [-0.1, -0.05) is 149 Å². The van der Waals surface area contributed by atoms with Crippen LogP contribution in [0.3, 0.4) is 0 Å². The first-order valence-corrected chi connectivity index (χ1v) is 24.5. The third-order valence-corrected chi connectivity index (χ3v) is 27.6. The van der Waals surface area contributed by atoms with Crippen molar-refractivity contribution in [3.05, 3.63) is 29.3 Å². The Bertz CT molecular complexity index is 838. The fourth-order valence-corrected chi connectivity index (χ4v) is 22.5. The standard InChI is InChI=1S/C32H60F4OSi3/c1-9-19-39(20-10-2,21-11-3)22-17-15-16-18-23-40(27(7)8,25-24-38(12-4,13-5)14-6)37-32-29(34)26-28(33)30(35)31(32)36/h26-27H,9-25H2,1-8H3. The molecule has 40 heavy (non-hydrogen) atoms. The molecule has 0 aliphatic carbocycles. The van der Waals surface area contributed by atoms with E-state index in [1.165, 1.54) is 74.4 Å². The van der Waals surface area contributed by atoms with E-state index in [1.807, 2.05) is 0 Å². The van der Waals surface area contributed by atoms with E-state index >= 15 is 0 Å². The summed E-state index contributed by atoms with van der Waals surface area (Å²) in [5.74, 6) is -6.53. The van der Waals surface area contributed by atoms with Gasteiger partial charge >= 0.3 is 0 Å². The molecule has 0 saturated carbocycles. The van der Waals surface area contributed by atoms with E-state index < -0.39 is 53.5 Å². The van der Waals surface area contributed by atoms with Crippen LogP contribution >= 0.6 is 0 Å². The van der Waals surface area contributed by atoms with E-state index in [4.69, 9.17) is 4.43 Å². The summed E-state index contributed by atoms with van der Waals surface area (Å²) in [6.45, 7) is 18.0. The van der Waals surface area contributed by atoms with Gasteiger partial charge in [-0.05, 0) is 17.6 Å². The zero-order chi connectivity index (χ0) is 30.4. The van der Waals surface area contributed by atoms with Gasteiger partial charge in [-0.2, -0.15) is 4.39 Å². The van der Waals surface area contributed by atoms with Crippen LogP contribution in [0.25, 0.3) is 0 Å². The average Bonchev–Trinajstić information content (AvgIpc) is 2.92. The minimum absolute atomic E-state index is 0.107. The van der Waals surface area contributed by atoms with Crippen molar-refractivity contribution in [2.24, 2.45) is 0 Å². The summed E-state index contributed by atoms with van der Waals surface area (Å²) >= 11 is 0. The second-order valence-corrected chi connectivity index (χ2v) is 28.0. The Kier molecular flexibility index (Phi) is 17.0.